The maximum atomic E-state index is 13.1. The lowest BCUT2D eigenvalue weighted by Gasteiger charge is -2.30. The van der Waals surface area contributed by atoms with Crippen molar-refractivity contribution in [1.29, 1.82) is 0 Å². The van der Waals surface area contributed by atoms with Gasteiger partial charge in [-0.25, -0.2) is 0 Å². The van der Waals surface area contributed by atoms with E-state index in [4.69, 9.17) is 0 Å². The molecule has 26 heavy (non-hydrogen) atoms. The third-order valence-corrected chi connectivity index (χ3v) is 6.31. The molecule has 0 unspecified atom stereocenters. The lowest BCUT2D eigenvalue weighted by molar-refractivity contribution is -0.115. The number of anilines is 2. The van der Waals surface area contributed by atoms with Crippen LogP contribution >= 0.6 is 23.5 Å². The number of fused-ring (bicyclic) bond motifs is 2. The Kier molecular flexibility index (Phi) is 4.74. The quantitative estimate of drug-likeness (QED) is 0.621. The number of hydrogen-bond acceptors (Lipinski definition) is 5. The van der Waals surface area contributed by atoms with Crippen molar-refractivity contribution in [2.75, 3.05) is 10.7 Å². The van der Waals surface area contributed by atoms with Crippen LogP contribution in [0.4, 0.5) is 11.4 Å². The Morgan fingerprint density at radius 3 is 2.27 bits per heavy atom. The van der Waals surface area contributed by atoms with Gasteiger partial charge in [0.25, 0.3) is 0 Å². The van der Waals surface area contributed by atoms with Crippen LogP contribution in [0, 0.1) is 6.92 Å². The molecular weight excluding hydrogens is 364 g/mol. The topological polar surface area (TPSA) is 51.0 Å². The van der Waals surface area contributed by atoms with Crippen LogP contribution in [-0.2, 0) is 11.3 Å². The van der Waals surface area contributed by atoms with Gasteiger partial charge in [-0.1, -0.05) is 47.8 Å². The van der Waals surface area contributed by atoms with Crippen LogP contribution in [-0.4, -0.2) is 26.4 Å². The first kappa shape index (κ1) is 17.2. The van der Waals surface area contributed by atoms with Crippen LogP contribution in [0.15, 0.2) is 63.5 Å². The van der Waals surface area contributed by atoms with Crippen molar-refractivity contribution in [3.63, 3.8) is 0 Å². The van der Waals surface area contributed by atoms with Gasteiger partial charge in [0.15, 0.2) is 5.16 Å². The van der Waals surface area contributed by atoms with E-state index in [1.54, 1.807) is 11.8 Å². The summed E-state index contributed by atoms with van der Waals surface area (Å²) in [7, 11) is 0. The van der Waals surface area contributed by atoms with E-state index in [0.29, 0.717) is 5.75 Å². The Hall–Kier alpha value is -2.25. The van der Waals surface area contributed by atoms with Crippen LogP contribution in [0.25, 0.3) is 0 Å². The molecule has 0 saturated heterocycles. The van der Waals surface area contributed by atoms with Gasteiger partial charge in [-0.2, -0.15) is 0 Å². The highest BCUT2D eigenvalue weighted by Gasteiger charge is 2.28. The van der Waals surface area contributed by atoms with E-state index in [-0.39, 0.29) is 5.91 Å². The fourth-order valence-corrected chi connectivity index (χ4v) is 4.95. The number of thioether (sulfide) groups is 1. The largest absolute Gasteiger partial charge is 0.307 e. The van der Waals surface area contributed by atoms with Crippen LogP contribution < -0.4 is 4.90 Å². The van der Waals surface area contributed by atoms with Gasteiger partial charge in [0.2, 0.25) is 5.91 Å². The van der Waals surface area contributed by atoms with Gasteiger partial charge in [0, 0.05) is 16.3 Å². The molecule has 5 nitrogen and oxygen atoms in total. The maximum absolute atomic E-state index is 13.1. The fourth-order valence-electron chi connectivity index (χ4n) is 3.00. The zero-order valence-corrected chi connectivity index (χ0v) is 16.2. The van der Waals surface area contributed by atoms with Gasteiger partial charge in [-0.05, 0) is 38.1 Å². The van der Waals surface area contributed by atoms with Gasteiger partial charge in [-0.3, -0.25) is 9.69 Å². The van der Waals surface area contributed by atoms with Gasteiger partial charge >= 0.3 is 0 Å². The first-order valence-corrected chi connectivity index (χ1v) is 10.2. The van der Waals surface area contributed by atoms with Crippen molar-refractivity contribution in [3.05, 3.63) is 54.4 Å². The molecule has 4 rings (SSSR count). The molecule has 0 aliphatic carbocycles. The molecule has 132 valence electrons. The molecule has 2 aromatic carbocycles. The Morgan fingerprint density at radius 2 is 1.65 bits per heavy atom. The summed E-state index contributed by atoms with van der Waals surface area (Å²) >= 11 is 3.14. The molecule has 3 aromatic rings. The van der Waals surface area contributed by atoms with Crippen molar-refractivity contribution in [1.82, 2.24) is 14.8 Å². The average Bonchev–Trinajstić information content (AvgIpc) is 3.03. The highest BCUT2D eigenvalue weighted by atomic mass is 32.2. The summed E-state index contributed by atoms with van der Waals surface area (Å²) in [6, 6.07) is 16.1. The summed E-state index contributed by atoms with van der Waals surface area (Å²) < 4.78 is 2.02. The van der Waals surface area contributed by atoms with Gasteiger partial charge in [0.1, 0.15) is 5.82 Å². The molecule has 1 amide bonds. The molecule has 2 heterocycles. The minimum absolute atomic E-state index is 0.0403. The zero-order chi connectivity index (χ0) is 18.1. The number of benzene rings is 2. The molecule has 1 aliphatic rings. The molecule has 7 heteroatoms. The highest BCUT2D eigenvalue weighted by Crippen LogP contribution is 2.48. The maximum Gasteiger partial charge on any atom is 0.242 e. The van der Waals surface area contributed by atoms with Gasteiger partial charge < -0.3 is 4.57 Å². The molecule has 0 spiro atoms. The number of aryl methyl sites for hydroxylation is 1. The second kappa shape index (κ2) is 7.17. The minimum Gasteiger partial charge on any atom is -0.307 e. The number of para-hydroxylation sites is 2. The van der Waals surface area contributed by atoms with E-state index >= 15 is 0 Å². The number of nitrogens with zero attached hydrogens (tertiary/aromatic N) is 4. The third kappa shape index (κ3) is 3.01. The molecule has 0 bridgehead atoms. The SMILES string of the molecule is CCn1c(C)nnc1SCC(=O)N1c2ccccc2Sc2ccccc21. The molecule has 0 N–H and O–H groups in total. The molecule has 0 fully saturated rings. The monoisotopic (exact) mass is 382 g/mol. The van der Waals surface area contributed by atoms with E-state index in [1.165, 1.54) is 11.8 Å². The number of amides is 1. The van der Waals surface area contributed by atoms with Gasteiger partial charge in [0.05, 0.1) is 17.1 Å². The Bertz CT molecular complexity index is 924. The Labute approximate surface area is 160 Å². The lowest BCUT2D eigenvalue weighted by Crippen LogP contribution is -2.30. The molecule has 1 aromatic heterocycles. The Morgan fingerprint density at radius 1 is 1.04 bits per heavy atom. The van der Waals surface area contributed by atoms with Crippen molar-refractivity contribution in [3.8, 4) is 0 Å². The second-order valence-electron chi connectivity index (χ2n) is 5.83. The van der Waals surface area contributed by atoms with E-state index < -0.39 is 0 Å². The van der Waals surface area contributed by atoms with E-state index in [1.807, 2.05) is 52.8 Å². The Balaban J connectivity index is 1.63. The van der Waals surface area contributed by atoms with E-state index in [0.717, 1.165) is 38.7 Å². The zero-order valence-electron chi connectivity index (χ0n) is 14.5. The van der Waals surface area contributed by atoms with Crippen LogP contribution in [0.2, 0.25) is 0 Å². The smallest absolute Gasteiger partial charge is 0.242 e. The van der Waals surface area contributed by atoms with E-state index in [9.17, 15) is 4.79 Å². The number of aromatic nitrogens is 3. The fraction of sp³-hybridized carbons (Fsp3) is 0.211. The van der Waals surface area contributed by atoms with Crippen molar-refractivity contribution in [2.45, 2.75) is 35.3 Å². The van der Waals surface area contributed by atoms with Crippen molar-refractivity contribution in [2.24, 2.45) is 0 Å². The summed E-state index contributed by atoms with van der Waals surface area (Å²) in [4.78, 5) is 17.2. The first-order valence-electron chi connectivity index (χ1n) is 8.40. The van der Waals surface area contributed by atoms with E-state index in [2.05, 4.69) is 29.3 Å². The summed E-state index contributed by atoms with van der Waals surface area (Å²) in [5.74, 6) is 1.22. The number of hydrogen-bond donors (Lipinski definition) is 0. The van der Waals surface area contributed by atoms with Crippen molar-refractivity contribution < 1.29 is 4.79 Å². The number of carbonyl (C=O) groups excluding carboxylic acids is 1. The van der Waals surface area contributed by atoms with Crippen molar-refractivity contribution >= 4 is 40.8 Å². The van der Waals surface area contributed by atoms with Crippen LogP contribution in [0.1, 0.15) is 12.7 Å². The lowest BCUT2D eigenvalue weighted by atomic mass is 10.2. The summed E-state index contributed by atoms with van der Waals surface area (Å²) in [6.07, 6.45) is 0. The standard InChI is InChI=1S/C19H18N4OS2/c1-3-22-13(2)20-21-19(22)25-12-18(24)23-14-8-4-6-10-16(14)26-17-11-7-5-9-15(17)23/h4-11H,3,12H2,1-2H3. The summed E-state index contributed by atoms with van der Waals surface area (Å²) in [5, 5.41) is 9.09. The predicted molar refractivity (Wildman–Crippen MR) is 105 cm³/mol. The van der Waals surface area contributed by atoms with Gasteiger partial charge in [-0.15, -0.1) is 10.2 Å². The summed E-state index contributed by atoms with van der Waals surface area (Å²) in [6.45, 7) is 4.77. The normalized spacial score (nSPS) is 12.6. The van der Waals surface area contributed by atoms with Crippen LogP contribution in [0.3, 0.4) is 0 Å². The molecular formula is C19H18N4OS2. The molecule has 0 radical (unpaired) electrons. The van der Waals surface area contributed by atoms with Crippen LogP contribution in [0.5, 0.6) is 0 Å². The first-order chi connectivity index (χ1) is 12.7. The number of carbonyl (C=O) groups is 1. The molecule has 0 atom stereocenters. The summed E-state index contributed by atoms with van der Waals surface area (Å²) in [5.41, 5.74) is 1.88. The molecule has 1 aliphatic heterocycles. The molecule has 0 saturated carbocycles. The number of rotatable bonds is 4. The average molecular weight is 383 g/mol. The second-order valence-corrected chi connectivity index (χ2v) is 7.86. The minimum atomic E-state index is 0.0403. The highest BCUT2D eigenvalue weighted by molar-refractivity contribution is 8.00. The predicted octanol–water partition coefficient (Wildman–Crippen LogP) is 4.53. The third-order valence-electron chi connectivity index (χ3n) is 4.22.